The molecule has 2 rings (SSSR count). The van der Waals surface area contributed by atoms with Crippen molar-refractivity contribution >= 4 is 34.8 Å². The minimum Gasteiger partial charge on any atom is -0.507 e. The number of benzene rings is 1. The van der Waals surface area contributed by atoms with Gasteiger partial charge in [0.2, 0.25) is 5.78 Å². The van der Waals surface area contributed by atoms with Gasteiger partial charge in [0.15, 0.2) is 0 Å². The van der Waals surface area contributed by atoms with Crippen LogP contribution in [-0.4, -0.2) is 22.6 Å². The highest BCUT2D eigenvalue weighted by molar-refractivity contribution is 6.44. The summed E-state index contributed by atoms with van der Waals surface area (Å²) in [6.45, 7) is 1.39. The average Bonchev–Trinajstić information content (AvgIpc) is 2.28. The van der Waals surface area contributed by atoms with E-state index >= 15 is 0 Å². The first-order valence-corrected chi connectivity index (χ1v) is 5.64. The lowest BCUT2D eigenvalue weighted by atomic mass is 9.96. The second-order valence-electron chi connectivity index (χ2n) is 4.15. The summed E-state index contributed by atoms with van der Waals surface area (Å²) in [5, 5.41) is 12.5. The lowest BCUT2D eigenvalue weighted by Gasteiger charge is -2.20. The number of amides is 1. The minimum absolute atomic E-state index is 0.0287. The molecule has 1 aliphatic rings. The van der Waals surface area contributed by atoms with Gasteiger partial charge in [0.1, 0.15) is 11.5 Å². The van der Waals surface area contributed by atoms with Gasteiger partial charge in [0.05, 0.1) is 10.7 Å². The molecular weight excluding hydrogens is 258 g/mol. The zero-order chi connectivity index (χ0) is 13.4. The molecule has 1 amide bonds. The van der Waals surface area contributed by atoms with Crippen molar-refractivity contribution in [2.24, 2.45) is 0 Å². The van der Waals surface area contributed by atoms with Gasteiger partial charge < -0.3 is 10.4 Å². The van der Waals surface area contributed by atoms with Gasteiger partial charge in [-0.25, -0.2) is 0 Å². The Hall–Kier alpha value is -1.88. The number of halogens is 1. The molecule has 1 aliphatic heterocycles. The standard InChI is InChI=1S/C12H10ClNO4/c1-5(15)2-6-3-8(13)10-7(11(6)17)4-9(16)12(18)14-10/h3,17H,2,4H2,1H3,(H,14,18). The smallest absolute Gasteiger partial charge is 0.292 e. The molecule has 2 N–H and O–H groups in total. The Morgan fingerprint density at radius 1 is 1.50 bits per heavy atom. The van der Waals surface area contributed by atoms with Crippen LogP contribution in [0.2, 0.25) is 5.02 Å². The van der Waals surface area contributed by atoms with Crippen LogP contribution in [-0.2, 0) is 27.2 Å². The van der Waals surface area contributed by atoms with Gasteiger partial charge in [-0.2, -0.15) is 0 Å². The van der Waals surface area contributed by atoms with E-state index in [9.17, 15) is 19.5 Å². The van der Waals surface area contributed by atoms with Crippen LogP contribution >= 0.6 is 11.6 Å². The molecule has 0 radical (unpaired) electrons. The van der Waals surface area contributed by atoms with E-state index in [0.29, 0.717) is 5.56 Å². The van der Waals surface area contributed by atoms with Crippen LogP contribution in [0, 0.1) is 0 Å². The van der Waals surface area contributed by atoms with Gasteiger partial charge in [-0.05, 0) is 13.0 Å². The van der Waals surface area contributed by atoms with Crippen molar-refractivity contribution in [2.75, 3.05) is 5.32 Å². The lowest BCUT2D eigenvalue weighted by molar-refractivity contribution is -0.134. The van der Waals surface area contributed by atoms with Gasteiger partial charge in [0.25, 0.3) is 5.91 Å². The molecule has 0 aliphatic carbocycles. The van der Waals surface area contributed by atoms with Gasteiger partial charge in [-0.15, -0.1) is 0 Å². The third-order valence-electron chi connectivity index (χ3n) is 2.70. The molecule has 6 heteroatoms. The van der Waals surface area contributed by atoms with E-state index < -0.39 is 11.7 Å². The predicted octanol–water partition coefficient (Wildman–Crippen LogP) is 1.24. The molecule has 1 aromatic rings. The second kappa shape index (κ2) is 4.42. The van der Waals surface area contributed by atoms with Crippen molar-refractivity contribution in [3.8, 4) is 5.75 Å². The number of Topliss-reactive ketones (excluding diaryl/α,β-unsaturated/α-hetero) is 2. The number of hydrogen-bond donors (Lipinski definition) is 2. The van der Waals surface area contributed by atoms with Gasteiger partial charge >= 0.3 is 0 Å². The van der Waals surface area contributed by atoms with E-state index in [-0.39, 0.29) is 40.6 Å². The van der Waals surface area contributed by atoms with Crippen LogP contribution in [0.5, 0.6) is 5.75 Å². The molecule has 1 aromatic carbocycles. The maximum absolute atomic E-state index is 11.3. The van der Waals surface area contributed by atoms with Gasteiger partial charge in [-0.3, -0.25) is 14.4 Å². The Morgan fingerprint density at radius 3 is 2.78 bits per heavy atom. The Balaban J connectivity index is 2.56. The van der Waals surface area contributed by atoms with Crippen LogP contribution in [0.3, 0.4) is 0 Å². The summed E-state index contributed by atoms with van der Waals surface area (Å²) in [6.07, 6.45) is -0.181. The number of rotatable bonds is 2. The fourth-order valence-corrected chi connectivity index (χ4v) is 2.18. The summed E-state index contributed by atoms with van der Waals surface area (Å²) in [5.41, 5.74) is 0.865. The first kappa shape index (κ1) is 12.6. The zero-order valence-electron chi connectivity index (χ0n) is 9.54. The molecule has 5 nitrogen and oxygen atoms in total. The number of carbonyl (C=O) groups is 3. The molecular formula is C12H10ClNO4. The minimum atomic E-state index is -0.747. The summed E-state index contributed by atoms with van der Waals surface area (Å²) in [4.78, 5) is 33.6. The van der Waals surface area contributed by atoms with Crippen LogP contribution < -0.4 is 5.32 Å². The van der Waals surface area contributed by atoms with Crippen LogP contribution in [0.4, 0.5) is 5.69 Å². The van der Waals surface area contributed by atoms with Crippen molar-refractivity contribution in [3.05, 3.63) is 22.2 Å². The van der Waals surface area contributed by atoms with Crippen LogP contribution in [0.1, 0.15) is 18.1 Å². The lowest BCUT2D eigenvalue weighted by Crippen LogP contribution is -2.30. The highest BCUT2D eigenvalue weighted by Gasteiger charge is 2.29. The number of ketones is 2. The molecule has 0 saturated heterocycles. The summed E-state index contributed by atoms with van der Waals surface area (Å²) in [7, 11) is 0. The van der Waals surface area contributed by atoms with Crippen molar-refractivity contribution in [2.45, 2.75) is 19.8 Å². The van der Waals surface area contributed by atoms with Crippen LogP contribution in [0.15, 0.2) is 6.07 Å². The molecule has 0 aromatic heterocycles. The molecule has 94 valence electrons. The largest absolute Gasteiger partial charge is 0.507 e. The molecule has 0 atom stereocenters. The number of carbonyl (C=O) groups excluding carboxylic acids is 3. The number of aromatic hydroxyl groups is 1. The number of phenols is 1. The number of anilines is 1. The summed E-state index contributed by atoms with van der Waals surface area (Å²) in [5.74, 6) is -1.68. The summed E-state index contributed by atoms with van der Waals surface area (Å²) in [6, 6.07) is 1.42. The Morgan fingerprint density at radius 2 is 2.17 bits per heavy atom. The molecule has 0 fully saturated rings. The molecule has 0 bridgehead atoms. The summed E-state index contributed by atoms with van der Waals surface area (Å²) < 4.78 is 0. The predicted molar refractivity (Wildman–Crippen MR) is 64.8 cm³/mol. The highest BCUT2D eigenvalue weighted by Crippen LogP contribution is 2.38. The molecule has 0 spiro atoms. The maximum atomic E-state index is 11.3. The monoisotopic (exact) mass is 267 g/mol. The first-order chi connectivity index (χ1) is 8.40. The number of fused-ring (bicyclic) bond motifs is 1. The number of phenolic OH excluding ortho intramolecular Hbond substituents is 1. The SMILES string of the molecule is CC(=O)Cc1cc(Cl)c2c(c1O)CC(=O)C(=O)N2. The van der Waals surface area contributed by atoms with Gasteiger partial charge in [0, 0.05) is 24.0 Å². The van der Waals surface area contributed by atoms with E-state index in [1.165, 1.54) is 13.0 Å². The maximum Gasteiger partial charge on any atom is 0.292 e. The average molecular weight is 268 g/mol. The number of hydrogen-bond acceptors (Lipinski definition) is 4. The van der Waals surface area contributed by atoms with E-state index in [1.54, 1.807) is 0 Å². The number of nitrogens with one attached hydrogen (secondary N) is 1. The van der Waals surface area contributed by atoms with Gasteiger partial charge in [-0.1, -0.05) is 11.6 Å². The van der Waals surface area contributed by atoms with E-state index in [1.807, 2.05) is 0 Å². The molecule has 0 saturated carbocycles. The van der Waals surface area contributed by atoms with E-state index in [2.05, 4.69) is 5.32 Å². The molecule has 0 unspecified atom stereocenters. The Kier molecular flexibility index (Phi) is 3.09. The zero-order valence-corrected chi connectivity index (χ0v) is 10.3. The topological polar surface area (TPSA) is 83.5 Å². The summed E-state index contributed by atoms with van der Waals surface area (Å²) >= 11 is 5.97. The fourth-order valence-electron chi connectivity index (χ4n) is 1.88. The second-order valence-corrected chi connectivity index (χ2v) is 4.56. The highest BCUT2D eigenvalue weighted by atomic mass is 35.5. The normalized spacial score (nSPS) is 14.1. The van der Waals surface area contributed by atoms with Crippen molar-refractivity contribution < 1.29 is 19.5 Å². The van der Waals surface area contributed by atoms with Crippen LogP contribution in [0.25, 0.3) is 0 Å². The van der Waals surface area contributed by atoms with E-state index in [0.717, 1.165) is 0 Å². The molecule has 18 heavy (non-hydrogen) atoms. The Bertz CT molecular complexity index is 580. The third-order valence-corrected chi connectivity index (χ3v) is 3.00. The molecule has 1 heterocycles. The quantitative estimate of drug-likeness (QED) is 0.790. The first-order valence-electron chi connectivity index (χ1n) is 5.27. The van der Waals surface area contributed by atoms with Crippen molar-refractivity contribution in [1.29, 1.82) is 0 Å². The fraction of sp³-hybridized carbons (Fsp3) is 0.250. The van der Waals surface area contributed by atoms with Crippen molar-refractivity contribution in [1.82, 2.24) is 0 Å². The van der Waals surface area contributed by atoms with Crippen molar-refractivity contribution in [3.63, 3.8) is 0 Å². The third kappa shape index (κ3) is 2.09. The van der Waals surface area contributed by atoms with E-state index in [4.69, 9.17) is 11.6 Å². The Labute approximate surface area is 108 Å².